The number of hydrogen-bond acceptors (Lipinski definition) is 2. The van der Waals surface area contributed by atoms with Crippen LogP contribution in [0.5, 0.6) is 0 Å². The first-order valence-corrected chi connectivity index (χ1v) is 11.6. The van der Waals surface area contributed by atoms with Crippen LogP contribution in [0.4, 0.5) is 0 Å². The van der Waals surface area contributed by atoms with Crippen LogP contribution in [0, 0.1) is 0 Å². The van der Waals surface area contributed by atoms with E-state index in [0.29, 0.717) is 9.28 Å². The number of hydrogen-bond donors (Lipinski definition) is 0. The fraction of sp³-hybridized carbons (Fsp3) is 1.00. The molecule has 1 fully saturated rings. The van der Waals surface area contributed by atoms with Crippen LogP contribution in [0.2, 0.25) is 19.1 Å². The maximum absolute atomic E-state index is 11.6. The molecule has 0 bridgehead atoms. The monoisotopic (exact) mass is 202 g/mol. The van der Waals surface area contributed by atoms with Crippen molar-refractivity contribution in [1.29, 1.82) is 0 Å². The van der Waals surface area contributed by atoms with Crippen molar-refractivity contribution in [2.24, 2.45) is 0 Å². The molecule has 0 amide bonds. The topological polar surface area (TPSA) is 26.3 Å². The molecule has 1 rings (SSSR count). The van der Waals surface area contributed by atoms with E-state index in [2.05, 4.69) is 13.1 Å². The molecule has 5 heteroatoms. The molecule has 0 aromatic heterocycles. The zero-order chi connectivity index (χ0) is 8.32. The summed E-state index contributed by atoms with van der Waals surface area (Å²) >= 11 is 0. The van der Waals surface area contributed by atoms with Gasteiger partial charge in [0, 0.05) is 6.61 Å². The molecule has 0 aliphatic carbocycles. The summed E-state index contributed by atoms with van der Waals surface area (Å²) < 4.78 is 16.9. The van der Waals surface area contributed by atoms with Gasteiger partial charge in [0.1, 0.15) is 7.59 Å². The Labute approximate surface area is 72.5 Å². The van der Waals surface area contributed by atoms with Crippen LogP contribution in [0.1, 0.15) is 12.8 Å². The average Bonchev–Trinajstić information content (AvgIpc) is 1.93. The van der Waals surface area contributed by atoms with Gasteiger partial charge in [-0.25, -0.2) is 0 Å². The molecule has 0 spiro atoms. The van der Waals surface area contributed by atoms with Gasteiger partial charge < -0.3 is 8.89 Å². The summed E-state index contributed by atoms with van der Waals surface area (Å²) in [5.74, 6) is 0. The molecule has 0 aromatic carbocycles. The van der Waals surface area contributed by atoms with E-state index in [4.69, 9.17) is 4.43 Å². The standard InChI is InChI=1S/C6H14O2Si3/c1-11(2)6-4-3-5-8-9-10(11)7/h3-6H2,1-2H3. The van der Waals surface area contributed by atoms with E-state index in [1.54, 1.807) is 0 Å². The third kappa shape index (κ3) is 2.73. The molecular weight excluding hydrogens is 188 g/mol. The van der Waals surface area contributed by atoms with Crippen molar-refractivity contribution >= 4 is 24.6 Å². The summed E-state index contributed by atoms with van der Waals surface area (Å²) in [6.45, 7) is 5.30. The minimum atomic E-state index is -1.34. The van der Waals surface area contributed by atoms with Gasteiger partial charge in [-0.3, -0.25) is 0 Å². The lowest BCUT2D eigenvalue weighted by atomic mass is 10.4. The lowest BCUT2D eigenvalue weighted by Gasteiger charge is -2.20. The third-order valence-corrected chi connectivity index (χ3v) is 17.9. The summed E-state index contributed by atoms with van der Waals surface area (Å²) in [5.41, 5.74) is 0. The first kappa shape index (κ1) is 9.50. The van der Waals surface area contributed by atoms with Crippen molar-refractivity contribution in [1.82, 2.24) is 0 Å². The quantitative estimate of drug-likeness (QED) is 0.550. The fourth-order valence-corrected chi connectivity index (χ4v) is 10.1. The Kier molecular flexibility index (Phi) is 3.35. The molecule has 11 heavy (non-hydrogen) atoms. The van der Waals surface area contributed by atoms with Gasteiger partial charge in [0.2, 0.25) is 0 Å². The predicted octanol–water partition coefficient (Wildman–Crippen LogP) is 1.12. The highest BCUT2D eigenvalue weighted by Crippen LogP contribution is 2.15. The summed E-state index contributed by atoms with van der Waals surface area (Å²) in [7, 11) is -2.35. The normalized spacial score (nSPS) is 25.8. The van der Waals surface area contributed by atoms with E-state index in [-0.39, 0.29) is 0 Å². The Balaban J connectivity index is 2.54. The van der Waals surface area contributed by atoms with Gasteiger partial charge in [0.25, 0.3) is 17.0 Å². The SMILES string of the molecule is C[Si]1(C)CCCCO[Si][Si]1=O. The molecule has 1 aliphatic rings. The van der Waals surface area contributed by atoms with Crippen LogP contribution < -0.4 is 0 Å². The Morgan fingerprint density at radius 2 is 2.18 bits per heavy atom. The second-order valence-electron chi connectivity index (χ2n) is 3.62. The van der Waals surface area contributed by atoms with Crippen molar-refractivity contribution in [2.75, 3.05) is 6.61 Å². The molecule has 0 saturated carbocycles. The summed E-state index contributed by atoms with van der Waals surface area (Å²) in [4.78, 5) is 0. The smallest absolute Gasteiger partial charge is 0.283 e. The van der Waals surface area contributed by atoms with E-state index in [1.165, 1.54) is 18.9 Å². The largest absolute Gasteiger partial charge is 0.414 e. The van der Waals surface area contributed by atoms with Crippen LogP contribution in [0.3, 0.4) is 0 Å². The van der Waals surface area contributed by atoms with Gasteiger partial charge in [-0.1, -0.05) is 25.6 Å². The van der Waals surface area contributed by atoms with E-state index in [0.717, 1.165) is 6.61 Å². The van der Waals surface area contributed by atoms with Crippen molar-refractivity contribution in [3.63, 3.8) is 0 Å². The van der Waals surface area contributed by atoms with Crippen molar-refractivity contribution in [3.8, 4) is 0 Å². The van der Waals surface area contributed by atoms with Crippen LogP contribution in [0.25, 0.3) is 0 Å². The first-order chi connectivity index (χ1) is 5.13. The van der Waals surface area contributed by atoms with Gasteiger partial charge in [0.15, 0.2) is 0 Å². The van der Waals surface area contributed by atoms with Crippen molar-refractivity contribution < 1.29 is 8.89 Å². The summed E-state index contributed by atoms with van der Waals surface area (Å²) in [6, 6.07) is 1.24. The van der Waals surface area contributed by atoms with E-state index in [9.17, 15) is 4.46 Å². The maximum atomic E-state index is 11.6. The first-order valence-electron chi connectivity index (χ1n) is 4.05. The molecule has 0 atom stereocenters. The summed E-state index contributed by atoms with van der Waals surface area (Å²) in [6.07, 6.45) is 2.39. The lowest BCUT2D eigenvalue weighted by molar-refractivity contribution is 0.331. The molecule has 0 N–H and O–H groups in total. The fourth-order valence-electron chi connectivity index (χ4n) is 1.11. The summed E-state index contributed by atoms with van der Waals surface area (Å²) in [5, 5.41) is 0. The molecule has 1 heterocycles. The van der Waals surface area contributed by atoms with Gasteiger partial charge >= 0.3 is 0 Å². The molecule has 0 unspecified atom stereocenters. The molecule has 1 aliphatic heterocycles. The molecule has 0 aromatic rings. The minimum absolute atomic E-state index is 0.323. The second-order valence-corrected chi connectivity index (χ2v) is 17.9. The second kappa shape index (κ2) is 3.88. The third-order valence-electron chi connectivity index (χ3n) is 2.08. The predicted molar refractivity (Wildman–Crippen MR) is 49.7 cm³/mol. The molecule has 2 nitrogen and oxygen atoms in total. The van der Waals surface area contributed by atoms with Crippen LogP contribution in [-0.4, -0.2) is 31.2 Å². The van der Waals surface area contributed by atoms with Gasteiger partial charge in [0.05, 0.1) is 0 Å². The number of rotatable bonds is 0. The molecule has 62 valence electrons. The maximum Gasteiger partial charge on any atom is 0.283 e. The van der Waals surface area contributed by atoms with Crippen molar-refractivity contribution in [2.45, 2.75) is 32.0 Å². The van der Waals surface area contributed by atoms with Crippen LogP contribution >= 0.6 is 0 Å². The van der Waals surface area contributed by atoms with E-state index in [1.807, 2.05) is 0 Å². The Bertz CT molecular complexity index is 158. The average molecular weight is 202 g/mol. The minimum Gasteiger partial charge on any atom is -0.414 e. The van der Waals surface area contributed by atoms with E-state index >= 15 is 0 Å². The van der Waals surface area contributed by atoms with E-state index < -0.39 is 15.3 Å². The van der Waals surface area contributed by atoms with Gasteiger partial charge in [-0.2, -0.15) is 0 Å². The van der Waals surface area contributed by atoms with Gasteiger partial charge in [-0.15, -0.1) is 0 Å². The van der Waals surface area contributed by atoms with Crippen LogP contribution in [-0.2, 0) is 8.89 Å². The highest BCUT2D eigenvalue weighted by Gasteiger charge is 2.33. The van der Waals surface area contributed by atoms with Gasteiger partial charge in [-0.05, 0) is 6.42 Å². The molecular formula is C6H14O2Si3. The van der Waals surface area contributed by atoms with Crippen molar-refractivity contribution in [3.05, 3.63) is 0 Å². The Hall–Kier alpha value is 0.411. The highest BCUT2D eigenvalue weighted by atomic mass is 29.6. The zero-order valence-corrected chi connectivity index (χ0v) is 10.1. The Morgan fingerprint density at radius 3 is 2.91 bits per heavy atom. The van der Waals surface area contributed by atoms with Crippen LogP contribution in [0.15, 0.2) is 0 Å². The molecule has 2 radical (unpaired) electrons. The molecule has 1 saturated heterocycles. The lowest BCUT2D eigenvalue weighted by Crippen LogP contribution is -2.45. The zero-order valence-electron chi connectivity index (χ0n) is 7.14. The highest BCUT2D eigenvalue weighted by molar-refractivity contribution is 7.44. The Morgan fingerprint density at radius 1 is 1.45 bits per heavy atom.